The fourth-order valence-electron chi connectivity index (χ4n) is 2.27. The maximum Gasteiger partial charge on any atom is 0.139 e. The molecule has 132 valence electrons. The molecule has 0 spiro atoms. The van der Waals surface area contributed by atoms with E-state index in [9.17, 15) is 5.11 Å². The molecule has 0 amide bonds. The number of aliphatic hydroxyl groups excluding tert-OH is 1. The highest BCUT2D eigenvalue weighted by Gasteiger charge is 2.20. The normalized spacial score (nSPS) is 13.2. The lowest BCUT2D eigenvalue weighted by molar-refractivity contribution is 0.0701. The molecule has 2 aromatic rings. The molecular weight excluding hydrogens is 342 g/mol. The number of pyridine rings is 1. The van der Waals surface area contributed by atoms with Crippen molar-refractivity contribution in [3.8, 4) is 0 Å². The number of halogens is 1. The van der Waals surface area contributed by atoms with Crippen molar-refractivity contribution in [2.75, 3.05) is 6.61 Å². The largest absolute Gasteiger partial charge is 0.382 e. The van der Waals surface area contributed by atoms with Crippen LogP contribution in [0.3, 0.4) is 0 Å². The summed E-state index contributed by atoms with van der Waals surface area (Å²) in [6, 6.07) is 6.53. The van der Waals surface area contributed by atoms with Crippen molar-refractivity contribution in [2.45, 2.75) is 51.9 Å². The average Bonchev–Trinajstić information content (AvgIpc) is 2.94. The van der Waals surface area contributed by atoms with E-state index >= 15 is 0 Å². The topological polar surface area (TPSA) is 60.2 Å². The van der Waals surface area contributed by atoms with E-state index in [1.807, 2.05) is 13.0 Å². The van der Waals surface area contributed by atoms with Gasteiger partial charge in [0.25, 0.3) is 0 Å². The van der Waals surface area contributed by atoms with Crippen molar-refractivity contribution in [2.24, 2.45) is 0 Å². The third kappa shape index (κ3) is 5.14. The maximum absolute atomic E-state index is 10.7. The Morgan fingerprint density at radius 2 is 2.12 bits per heavy atom. The van der Waals surface area contributed by atoms with Crippen molar-refractivity contribution in [1.29, 1.82) is 0 Å². The van der Waals surface area contributed by atoms with Gasteiger partial charge >= 0.3 is 0 Å². The number of aryl methyl sites for hydroxylation is 1. The van der Waals surface area contributed by atoms with Crippen LogP contribution in [0.4, 0.5) is 0 Å². The summed E-state index contributed by atoms with van der Waals surface area (Å²) in [5.41, 5.74) is 2.16. The molecule has 0 saturated heterocycles. The Labute approximate surface area is 149 Å². The molecule has 2 rings (SSSR count). The monoisotopic (exact) mass is 367 g/mol. The minimum Gasteiger partial charge on any atom is -0.382 e. The first-order chi connectivity index (χ1) is 11.3. The standard InChI is InChI=1S/C17H26ClN3O2Si/c1-5-13-11-15(16(22)14-7-6-8-19-17(14)18)21(20-13)12-23-9-10-24(2,3)4/h6-8,11,16,22H,5,9-10,12H2,1-4H3. The third-order valence-electron chi connectivity index (χ3n) is 3.80. The van der Waals surface area contributed by atoms with Gasteiger partial charge in [-0.2, -0.15) is 5.10 Å². The van der Waals surface area contributed by atoms with Gasteiger partial charge in [0.15, 0.2) is 0 Å². The second-order valence-corrected chi connectivity index (χ2v) is 13.0. The third-order valence-corrected chi connectivity index (χ3v) is 5.82. The van der Waals surface area contributed by atoms with Gasteiger partial charge in [0.1, 0.15) is 18.0 Å². The zero-order chi connectivity index (χ0) is 17.7. The first-order valence-corrected chi connectivity index (χ1v) is 12.3. The first kappa shape index (κ1) is 19.1. The van der Waals surface area contributed by atoms with Crippen LogP contribution < -0.4 is 0 Å². The zero-order valence-corrected chi connectivity index (χ0v) is 16.5. The van der Waals surface area contributed by atoms with E-state index in [0.29, 0.717) is 29.7 Å². The molecule has 1 N–H and O–H groups in total. The molecule has 0 aromatic carbocycles. The zero-order valence-electron chi connectivity index (χ0n) is 14.8. The number of hydrogen-bond donors (Lipinski definition) is 1. The van der Waals surface area contributed by atoms with Crippen molar-refractivity contribution in [3.63, 3.8) is 0 Å². The average molecular weight is 368 g/mol. The van der Waals surface area contributed by atoms with Crippen LogP contribution in [-0.2, 0) is 17.9 Å². The van der Waals surface area contributed by atoms with Crippen LogP contribution in [0.2, 0.25) is 30.8 Å². The van der Waals surface area contributed by atoms with Crippen molar-refractivity contribution in [3.05, 3.63) is 46.5 Å². The molecule has 0 aliphatic heterocycles. The van der Waals surface area contributed by atoms with Gasteiger partial charge in [-0.15, -0.1) is 0 Å². The molecule has 1 atom stereocenters. The second kappa shape index (κ2) is 8.25. The summed E-state index contributed by atoms with van der Waals surface area (Å²) in [4.78, 5) is 4.03. The van der Waals surface area contributed by atoms with Crippen LogP contribution in [0.15, 0.2) is 24.4 Å². The highest BCUT2D eigenvalue weighted by atomic mass is 35.5. The van der Waals surface area contributed by atoms with Crippen LogP contribution >= 0.6 is 11.6 Å². The number of hydrogen-bond acceptors (Lipinski definition) is 4. The predicted octanol–water partition coefficient (Wildman–Crippen LogP) is 3.89. The summed E-state index contributed by atoms with van der Waals surface area (Å²) >= 11 is 6.11. The van der Waals surface area contributed by atoms with E-state index in [0.717, 1.165) is 18.2 Å². The lowest BCUT2D eigenvalue weighted by Gasteiger charge is -2.17. The fourth-order valence-corrected chi connectivity index (χ4v) is 3.25. The molecule has 2 heterocycles. The Morgan fingerprint density at radius 1 is 1.38 bits per heavy atom. The van der Waals surface area contributed by atoms with Crippen molar-refractivity contribution >= 4 is 19.7 Å². The minimum absolute atomic E-state index is 0.301. The summed E-state index contributed by atoms with van der Waals surface area (Å²) in [5.74, 6) is 0. The fraction of sp³-hybridized carbons (Fsp3) is 0.529. The van der Waals surface area contributed by atoms with Gasteiger partial charge in [-0.05, 0) is 24.6 Å². The number of rotatable bonds is 8. The Morgan fingerprint density at radius 3 is 2.75 bits per heavy atom. The molecule has 0 radical (unpaired) electrons. The van der Waals surface area contributed by atoms with Crippen LogP contribution in [0.5, 0.6) is 0 Å². The van der Waals surface area contributed by atoms with E-state index in [1.54, 1.807) is 23.0 Å². The second-order valence-electron chi connectivity index (χ2n) is 7.05. The van der Waals surface area contributed by atoms with Gasteiger partial charge in [-0.1, -0.05) is 44.2 Å². The number of aliphatic hydroxyl groups is 1. The molecule has 24 heavy (non-hydrogen) atoms. The molecule has 7 heteroatoms. The molecular formula is C17H26ClN3O2Si. The van der Waals surface area contributed by atoms with E-state index in [1.165, 1.54) is 0 Å². The Hall–Kier alpha value is -1.21. The molecule has 0 aliphatic carbocycles. The molecule has 1 unspecified atom stereocenters. The van der Waals surface area contributed by atoms with Crippen LogP contribution in [-0.4, -0.2) is 34.6 Å². The maximum atomic E-state index is 10.7. The lowest BCUT2D eigenvalue weighted by Crippen LogP contribution is -2.22. The predicted molar refractivity (Wildman–Crippen MR) is 99.0 cm³/mol. The molecule has 0 bridgehead atoms. The van der Waals surface area contributed by atoms with Crippen molar-refractivity contribution in [1.82, 2.24) is 14.8 Å². The quantitative estimate of drug-likeness (QED) is 0.437. The van der Waals surface area contributed by atoms with Gasteiger partial charge < -0.3 is 9.84 Å². The van der Waals surface area contributed by atoms with E-state index < -0.39 is 14.2 Å². The van der Waals surface area contributed by atoms with Crippen LogP contribution in [0, 0.1) is 0 Å². The molecule has 0 saturated carbocycles. The van der Waals surface area contributed by atoms with E-state index in [-0.39, 0.29) is 0 Å². The van der Waals surface area contributed by atoms with Gasteiger partial charge in [-0.3, -0.25) is 0 Å². The molecule has 2 aromatic heterocycles. The Bertz CT molecular complexity index is 670. The Kier molecular flexibility index (Phi) is 6.57. The van der Waals surface area contributed by atoms with E-state index in [2.05, 4.69) is 29.7 Å². The number of aromatic nitrogens is 3. The van der Waals surface area contributed by atoms with Gasteiger partial charge in [0.05, 0.1) is 11.4 Å². The van der Waals surface area contributed by atoms with Crippen LogP contribution in [0.1, 0.15) is 30.0 Å². The first-order valence-electron chi connectivity index (χ1n) is 8.24. The molecule has 5 nitrogen and oxygen atoms in total. The van der Waals surface area contributed by atoms with Gasteiger partial charge in [0, 0.05) is 26.4 Å². The molecule has 0 aliphatic rings. The summed E-state index contributed by atoms with van der Waals surface area (Å²) in [6.45, 7) is 10.0. The Balaban J connectivity index is 2.14. The summed E-state index contributed by atoms with van der Waals surface area (Å²) in [5, 5.41) is 15.5. The summed E-state index contributed by atoms with van der Waals surface area (Å²) < 4.78 is 7.51. The van der Waals surface area contributed by atoms with Crippen LogP contribution in [0.25, 0.3) is 0 Å². The van der Waals surface area contributed by atoms with Gasteiger partial charge in [-0.25, -0.2) is 9.67 Å². The van der Waals surface area contributed by atoms with Crippen molar-refractivity contribution < 1.29 is 9.84 Å². The smallest absolute Gasteiger partial charge is 0.139 e. The summed E-state index contributed by atoms with van der Waals surface area (Å²) in [6.07, 6.45) is 1.52. The highest BCUT2D eigenvalue weighted by Crippen LogP contribution is 2.27. The lowest BCUT2D eigenvalue weighted by atomic mass is 10.1. The highest BCUT2D eigenvalue weighted by molar-refractivity contribution is 6.76. The summed E-state index contributed by atoms with van der Waals surface area (Å²) in [7, 11) is -1.12. The number of nitrogens with zero attached hydrogens (tertiary/aromatic N) is 3. The minimum atomic E-state index is -1.12. The van der Waals surface area contributed by atoms with Gasteiger partial charge in [0.2, 0.25) is 0 Å². The molecule has 0 fully saturated rings. The SMILES string of the molecule is CCc1cc(C(O)c2cccnc2Cl)n(COCC[Si](C)(C)C)n1. The van der Waals surface area contributed by atoms with E-state index in [4.69, 9.17) is 16.3 Å². The number of ether oxygens (including phenoxy) is 1.